The molecule has 1 saturated carbocycles. The Hall–Kier alpha value is -2.49. The number of phenolic OH excluding ortho intramolecular Hbond substituents is 1. The molecule has 0 spiro atoms. The second-order valence-corrected chi connectivity index (χ2v) is 10.8. The third-order valence-corrected chi connectivity index (χ3v) is 7.85. The van der Waals surface area contributed by atoms with Crippen molar-refractivity contribution in [2.24, 2.45) is 5.92 Å². The quantitative estimate of drug-likeness (QED) is 0.366. The number of carbonyl (C=O) groups is 2. The van der Waals surface area contributed by atoms with E-state index in [1.807, 2.05) is 0 Å². The smallest absolute Gasteiger partial charge is 0.397 e. The van der Waals surface area contributed by atoms with Crippen molar-refractivity contribution in [1.29, 1.82) is 0 Å². The van der Waals surface area contributed by atoms with Gasteiger partial charge in [-0.25, -0.2) is 13.2 Å². The Labute approximate surface area is 208 Å². The van der Waals surface area contributed by atoms with Gasteiger partial charge in [0.1, 0.15) is 16.4 Å². The first-order valence-corrected chi connectivity index (χ1v) is 13.2. The van der Waals surface area contributed by atoms with Crippen molar-refractivity contribution in [3.8, 4) is 17.2 Å². The van der Waals surface area contributed by atoms with E-state index in [4.69, 9.17) is 27.9 Å². The lowest BCUT2D eigenvalue weighted by Crippen LogP contribution is -2.24. The normalized spacial score (nSPS) is 14.4. The van der Waals surface area contributed by atoms with Crippen LogP contribution < -0.4 is 10.1 Å². The fourth-order valence-corrected chi connectivity index (χ4v) is 6.17. The summed E-state index contributed by atoms with van der Waals surface area (Å²) in [5.41, 5.74) is 0.141. The molecular formula is C23H25Cl2NO7S. The summed E-state index contributed by atoms with van der Waals surface area (Å²) in [5, 5.41) is 12.5. The number of ether oxygens (including phenoxy) is 2. The molecule has 1 fully saturated rings. The Balaban J connectivity index is 1.80. The zero-order chi connectivity index (χ0) is 24.9. The average molecular weight is 530 g/mol. The predicted octanol–water partition coefficient (Wildman–Crippen LogP) is 5.35. The summed E-state index contributed by atoms with van der Waals surface area (Å²) in [7, 11) is -3.75. The predicted molar refractivity (Wildman–Crippen MR) is 129 cm³/mol. The minimum atomic E-state index is -3.75. The molecule has 0 unspecified atom stereocenters. The van der Waals surface area contributed by atoms with Crippen LogP contribution in [0.4, 0.5) is 5.69 Å². The van der Waals surface area contributed by atoms with E-state index in [0.29, 0.717) is 0 Å². The Morgan fingerprint density at radius 1 is 1.09 bits per heavy atom. The highest BCUT2D eigenvalue weighted by Crippen LogP contribution is 2.40. The number of aromatic hydroxyl groups is 1. The molecule has 0 heterocycles. The van der Waals surface area contributed by atoms with Crippen LogP contribution in [0.2, 0.25) is 10.0 Å². The second-order valence-electron chi connectivity index (χ2n) is 7.96. The number of hydrogen-bond acceptors (Lipinski definition) is 7. The number of anilines is 1. The molecule has 8 nitrogen and oxygen atoms in total. The zero-order valence-electron chi connectivity index (χ0n) is 18.5. The Morgan fingerprint density at radius 3 is 2.35 bits per heavy atom. The van der Waals surface area contributed by atoms with Crippen LogP contribution in [0, 0.1) is 5.92 Å². The maximum absolute atomic E-state index is 13.0. The van der Waals surface area contributed by atoms with Crippen LogP contribution in [-0.4, -0.2) is 37.8 Å². The van der Waals surface area contributed by atoms with E-state index in [1.54, 1.807) is 6.92 Å². The summed E-state index contributed by atoms with van der Waals surface area (Å²) in [6.45, 7) is 1.62. The molecule has 0 saturated heterocycles. The Kier molecular flexibility index (Phi) is 8.67. The molecule has 2 aromatic rings. The molecule has 1 aliphatic rings. The zero-order valence-corrected chi connectivity index (χ0v) is 20.8. The van der Waals surface area contributed by atoms with E-state index in [1.165, 1.54) is 30.3 Å². The monoisotopic (exact) mass is 529 g/mol. The molecule has 0 aromatic heterocycles. The number of benzene rings is 2. The molecule has 0 bridgehead atoms. The van der Waals surface area contributed by atoms with Crippen molar-refractivity contribution in [2.75, 3.05) is 17.7 Å². The summed E-state index contributed by atoms with van der Waals surface area (Å²) in [5.74, 6) is -2.28. The summed E-state index contributed by atoms with van der Waals surface area (Å²) in [4.78, 5) is 23.1. The number of amides is 1. The number of halogens is 2. The van der Waals surface area contributed by atoms with Gasteiger partial charge in [-0.3, -0.25) is 4.79 Å². The number of rotatable bonds is 7. The van der Waals surface area contributed by atoms with Gasteiger partial charge in [0.15, 0.2) is 15.6 Å². The maximum Gasteiger partial charge on any atom is 0.397 e. The van der Waals surface area contributed by atoms with Gasteiger partial charge in [-0.15, -0.1) is 0 Å². The number of hydrogen-bond donors (Lipinski definition) is 2. The molecule has 11 heteroatoms. The fraction of sp³-hybridized carbons (Fsp3) is 0.391. The standard InChI is InChI=1S/C23H25Cl2NO7S/c1-2-32-23(29)22(28)26-15-10-17(24)21(18(25)11-15)33-16-8-9-19(27)20(12-16)34(30,31)13-14-6-4-3-5-7-14/h8-12,14,27H,2-7,13H2,1H3,(H,26,28). The Morgan fingerprint density at radius 2 is 1.74 bits per heavy atom. The number of esters is 1. The van der Waals surface area contributed by atoms with Gasteiger partial charge < -0.3 is 19.9 Å². The molecule has 0 radical (unpaired) electrons. The molecule has 184 valence electrons. The molecule has 2 aromatic carbocycles. The van der Waals surface area contributed by atoms with E-state index in [0.717, 1.165) is 32.1 Å². The van der Waals surface area contributed by atoms with Crippen LogP contribution in [-0.2, 0) is 24.2 Å². The van der Waals surface area contributed by atoms with Crippen LogP contribution in [0.1, 0.15) is 39.0 Å². The first kappa shape index (κ1) is 26.1. The first-order valence-electron chi connectivity index (χ1n) is 10.8. The van der Waals surface area contributed by atoms with Gasteiger partial charge in [0.25, 0.3) is 0 Å². The van der Waals surface area contributed by atoms with Crippen molar-refractivity contribution in [2.45, 2.75) is 43.9 Å². The van der Waals surface area contributed by atoms with E-state index in [2.05, 4.69) is 10.1 Å². The van der Waals surface area contributed by atoms with E-state index >= 15 is 0 Å². The van der Waals surface area contributed by atoms with E-state index in [-0.39, 0.29) is 56.2 Å². The molecule has 0 atom stereocenters. The highest BCUT2D eigenvalue weighted by Gasteiger charge is 2.26. The summed E-state index contributed by atoms with van der Waals surface area (Å²) in [6, 6.07) is 6.50. The van der Waals surface area contributed by atoms with Crippen LogP contribution >= 0.6 is 23.2 Å². The molecule has 2 N–H and O–H groups in total. The molecule has 34 heavy (non-hydrogen) atoms. The fourth-order valence-electron chi connectivity index (χ4n) is 3.79. The third-order valence-electron chi connectivity index (χ3n) is 5.38. The highest BCUT2D eigenvalue weighted by molar-refractivity contribution is 7.91. The average Bonchev–Trinajstić information content (AvgIpc) is 2.77. The van der Waals surface area contributed by atoms with Gasteiger partial charge in [0, 0.05) is 11.8 Å². The molecule has 3 rings (SSSR count). The van der Waals surface area contributed by atoms with Gasteiger partial charge in [-0.05, 0) is 49.9 Å². The van der Waals surface area contributed by atoms with Gasteiger partial charge in [-0.1, -0.05) is 42.5 Å². The highest BCUT2D eigenvalue weighted by atomic mass is 35.5. The molecule has 1 aliphatic carbocycles. The SMILES string of the molecule is CCOC(=O)C(=O)Nc1cc(Cl)c(Oc2ccc(O)c(S(=O)(=O)CC3CCCCC3)c2)c(Cl)c1. The largest absolute Gasteiger partial charge is 0.507 e. The van der Waals surface area contributed by atoms with Crippen molar-refractivity contribution >= 4 is 50.6 Å². The van der Waals surface area contributed by atoms with Crippen LogP contribution in [0.5, 0.6) is 17.2 Å². The van der Waals surface area contributed by atoms with Crippen LogP contribution in [0.15, 0.2) is 35.2 Å². The minimum Gasteiger partial charge on any atom is -0.507 e. The lowest BCUT2D eigenvalue weighted by atomic mass is 9.91. The maximum atomic E-state index is 13.0. The lowest BCUT2D eigenvalue weighted by Gasteiger charge is -2.21. The van der Waals surface area contributed by atoms with Crippen LogP contribution in [0.3, 0.4) is 0 Å². The summed E-state index contributed by atoms with van der Waals surface area (Å²) >= 11 is 12.5. The Bertz CT molecular complexity index is 1150. The van der Waals surface area contributed by atoms with E-state index < -0.39 is 21.7 Å². The number of carbonyl (C=O) groups excluding carboxylic acids is 2. The van der Waals surface area contributed by atoms with Crippen molar-refractivity contribution in [1.82, 2.24) is 0 Å². The van der Waals surface area contributed by atoms with E-state index in [9.17, 15) is 23.1 Å². The summed E-state index contributed by atoms with van der Waals surface area (Å²) < 4.78 is 36.3. The first-order chi connectivity index (χ1) is 16.1. The molecule has 0 aliphatic heterocycles. The lowest BCUT2D eigenvalue weighted by molar-refractivity contribution is -0.152. The number of phenols is 1. The number of nitrogens with one attached hydrogen (secondary N) is 1. The van der Waals surface area contributed by atoms with Crippen molar-refractivity contribution in [3.05, 3.63) is 40.4 Å². The minimum absolute atomic E-state index is 0.00588. The van der Waals surface area contributed by atoms with Crippen molar-refractivity contribution < 1.29 is 32.6 Å². The van der Waals surface area contributed by atoms with Gasteiger partial charge >= 0.3 is 11.9 Å². The third kappa shape index (κ3) is 6.55. The number of sulfone groups is 1. The molecular weight excluding hydrogens is 505 g/mol. The topological polar surface area (TPSA) is 119 Å². The van der Waals surface area contributed by atoms with Crippen molar-refractivity contribution in [3.63, 3.8) is 0 Å². The van der Waals surface area contributed by atoms with Gasteiger partial charge in [0.2, 0.25) is 0 Å². The summed E-state index contributed by atoms with van der Waals surface area (Å²) in [6.07, 6.45) is 4.81. The molecule has 1 amide bonds. The van der Waals surface area contributed by atoms with Gasteiger partial charge in [0.05, 0.1) is 22.4 Å². The van der Waals surface area contributed by atoms with Crippen LogP contribution in [0.25, 0.3) is 0 Å². The second kappa shape index (κ2) is 11.3. The van der Waals surface area contributed by atoms with Gasteiger partial charge in [-0.2, -0.15) is 0 Å².